The minimum atomic E-state index is -3.94. The zero-order chi connectivity index (χ0) is 25.7. The molecule has 3 aromatic heterocycles. The first-order valence-electron chi connectivity index (χ1n) is 12.0. The lowest BCUT2D eigenvalue weighted by Crippen LogP contribution is -2.53. The summed E-state index contributed by atoms with van der Waals surface area (Å²) in [5.41, 5.74) is 0. The third kappa shape index (κ3) is 4.65. The summed E-state index contributed by atoms with van der Waals surface area (Å²) in [6, 6.07) is 4.35. The minimum Gasteiger partial charge on any atom is -0.399 e. The van der Waals surface area contributed by atoms with Crippen LogP contribution in [0, 0.1) is 5.92 Å². The van der Waals surface area contributed by atoms with Gasteiger partial charge in [0.15, 0.2) is 10.8 Å². The van der Waals surface area contributed by atoms with Gasteiger partial charge >= 0.3 is 6.09 Å². The third-order valence-corrected chi connectivity index (χ3v) is 10.9. The van der Waals surface area contributed by atoms with Crippen LogP contribution in [0.5, 0.6) is 5.06 Å². The van der Waals surface area contributed by atoms with Crippen molar-refractivity contribution < 1.29 is 27.5 Å². The molecule has 2 saturated heterocycles. The molecular weight excluding hydrogens is 536 g/mol. The zero-order valence-electron chi connectivity index (χ0n) is 19.6. The number of carbonyl (C=O) groups is 3. The number of hydrogen-bond donors (Lipinski definition) is 1. The molecule has 3 aromatic rings. The fraction of sp³-hybridized carbons (Fsp3) is 0.417. The standard InChI is InChI=1S/C24H24N4O6S3/c29-18-13-28(37(32,33)15-2-1-7-25-12-15)17-5-8-27(22(17)18)23(30)16(10-14-3-4-14)26-24(31)34-21-11-20-19(36-21)6-9-35-20/h1-2,6-7,9,11-12,14,16-17,22H,3-5,8,10,13H2,(H,26,31). The number of fused-ring (bicyclic) bond motifs is 2. The van der Waals surface area contributed by atoms with Crippen molar-refractivity contribution in [3.05, 3.63) is 42.0 Å². The number of ketones is 1. The van der Waals surface area contributed by atoms with Crippen molar-refractivity contribution in [3.8, 4) is 5.06 Å². The second kappa shape index (κ2) is 9.46. The van der Waals surface area contributed by atoms with Gasteiger partial charge in [-0.1, -0.05) is 24.2 Å². The van der Waals surface area contributed by atoms with Gasteiger partial charge < -0.3 is 15.0 Å². The summed E-state index contributed by atoms with van der Waals surface area (Å²) in [7, 11) is -3.94. The number of aromatic nitrogens is 1. The van der Waals surface area contributed by atoms with Crippen molar-refractivity contribution in [1.82, 2.24) is 19.5 Å². The van der Waals surface area contributed by atoms with Gasteiger partial charge in [0.1, 0.15) is 17.0 Å². The van der Waals surface area contributed by atoms with E-state index in [-0.39, 0.29) is 29.7 Å². The average molecular weight is 561 g/mol. The number of pyridine rings is 1. The van der Waals surface area contributed by atoms with Gasteiger partial charge in [0.25, 0.3) is 0 Å². The highest BCUT2D eigenvalue weighted by atomic mass is 32.2. The summed E-state index contributed by atoms with van der Waals surface area (Å²) in [5, 5.41) is 5.13. The summed E-state index contributed by atoms with van der Waals surface area (Å²) in [6.45, 7) is -0.0628. The van der Waals surface area contributed by atoms with Crippen LogP contribution in [0.3, 0.4) is 0 Å². The van der Waals surface area contributed by atoms with Crippen molar-refractivity contribution in [2.24, 2.45) is 5.92 Å². The van der Waals surface area contributed by atoms with E-state index >= 15 is 0 Å². The normalized spacial score (nSPS) is 22.8. The molecule has 2 aliphatic heterocycles. The monoisotopic (exact) mass is 560 g/mol. The molecule has 0 aromatic carbocycles. The summed E-state index contributed by atoms with van der Waals surface area (Å²) in [6.07, 6.45) is 4.76. The van der Waals surface area contributed by atoms with E-state index in [1.807, 2.05) is 11.4 Å². The highest BCUT2D eigenvalue weighted by Gasteiger charge is 2.54. The van der Waals surface area contributed by atoms with Crippen molar-refractivity contribution in [1.29, 1.82) is 0 Å². The van der Waals surface area contributed by atoms with E-state index in [0.717, 1.165) is 22.2 Å². The topological polar surface area (TPSA) is 126 Å². The number of ether oxygens (including phenoxy) is 1. The van der Waals surface area contributed by atoms with Crippen molar-refractivity contribution in [3.63, 3.8) is 0 Å². The number of nitrogens with zero attached hydrogens (tertiary/aromatic N) is 3. The van der Waals surface area contributed by atoms with E-state index in [1.165, 1.54) is 45.1 Å². The molecule has 13 heteroatoms. The SMILES string of the molecule is O=C(NC(CC1CC1)C(=O)N1CCC2C1C(=O)CN2S(=O)(=O)c1cccnc1)Oc1cc2sccc2s1. The quantitative estimate of drug-likeness (QED) is 0.471. The largest absolute Gasteiger partial charge is 0.414 e. The number of rotatable bonds is 7. The number of nitrogens with one attached hydrogen (secondary N) is 1. The van der Waals surface area contributed by atoms with E-state index in [2.05, 4.69) is 10.3 Å². The van der Waals surface area contributed by atoms with E-state index in [9.17, 15) is 22.8 Å². The molecule has 5 heterocycles. The van der Waals surface area contributed by atoms with E-state index < -0.39 is 34.2 Å². The lowest BCUT2D eigenvalue weighted by Gasteiger charge is -2.28. The maximum atomic E-state index is 13.6. The lowest BCUT2D eigenvalue weighted by molar-refractivity contribution is -0.138. The van der Waals surface area contributed by atoms with Gasteiger partial charge in [0.2, 0.25) is 15.9 Å². The summed E-state index contributed by atoms with van der Waals surface area (Å²) in [4.78, 5) is 44.7. The fourth-order valence-electron chi connectivity index (χ4n) is 5.14. The van der Waals surface area contributed by atoms with Gasteiger partial charge in [0, 0.05) is 34.4 Å². The van der Waals surface area contributed by atoms with Gasteiger partial charge in [-0.3, -0.25) is 14.6 Å². The molecule has 3 unspecified atom stereocenters. The second-order valence-corrected chi connectivity index (χ2v) is 13.4. The molecule has 0 radical (unpaired) electrons. The Kier molecular flexibility index (Phi) is 6.25. The lowest BCUT2D eigenvalue weighted by atomic mass is 10.1. The first-order chi connectivity index (χ1) is 17.8. The Morgan fingerprint density at radius 2 is 2.05 bits per heavy atom. The first-order valence-corrected chi connectivity index (χ1v) is 15.2. The van der Waals surface area contributed by atoms with E-state index in [0.29, 0.717) is 23.8 Å². The summed E-state index contributed by atoms with van der Waals surface area (Å²) < 4.78 is 35.1. The first kappa shape index (κ1) is 24.5. The molecule has 1 aliphatic carbocycles. The number of hydrogen-bond acceptors (Lipinski definition) is 9. The molecule has 194 valence electrons. The van der Waals surface area contributed by atoms with Crippen LogP contribution < -0.4 is 10.1 Å². The maximum Gasteiger partial charge on any atom is 0.414 e. The number of carbonyl (C=O) groups excluding carboxylic acids is 3. The van der Waals surface area contributed by atoms with Crippen LogP contribution in [0.4, 0.5) is 4.79 Å². The average Bonchev–Trinajstić information content (AvgIpc) is 3.18. The van der Waals surface area contributed by atoms with Gasteiger partial charge in [0.05, 0.1) is 12.6 Å². The Bertz CT molecular complexity index is 1440. The van der Waals surface area contributed by atoms with Gasteiger partial charge in [-0.25, -0.2) is 13.2 Å². The van der Waals surface area contributed by atoms with Crippen LogP contribution in [0.25, 0.3) is 9.40 Å². The smallest absolute Gasteiger partial charge is 0.399 e. The zero-order valence-corrected chi connectivity index (χ0v) is 22.1. The van der Waals surface area contributed by atoms with Crippen LogP contribution in [0.2, 0.25) is 0 Å². The molecule has 0 spiro atoms. The maximum absolute atomic E-state index is 13.6. The third-order valence-electron chi connectivity index (χ3n) is 7.07. The number of likely N-dealkylation sites (tertiary alicyclic amines) is 1. The van der Waals surface area contributed by atoms with Crippen LogP contribution in [0.15, 0.2) is 46.9 Å². The summed E-state index contributed by atoms with van der Waals surface area (Å²) >= 11 is 2.91. The number of thiophene rings is 2. The number of Topliss-reactive ketones (excluding diaryl/α,β-unsaturated/α-hetero) is 1. The molecule has 10 nitrogen and oxygen atoms in total. The Morgan fingerprint density at radius 3 is 2.78 bits per heavy atom. The number of sulfonamides is 1. The van der Waals surface area contributed by atoms with Crippen LogP contribution in [0.1, 0.15) is 25.7 Å². The second-order valence-electron chi connectivity index (χ2n) is 9.52. The van der Waals surface area contributed by atoms with Crippen molar-refractivity contribution in [2.75, 3.05) is 13.1 Å². The molecule has 6 rings (SSSR count). The molecule has 0 bridgehead atoms. The molecule has 1 saturated carbocycles. The molecule has 3 atom stereocenters. The molecule has 1 N–H and O–H groups in total. The van der Waals surface area contributed by atoms with Crippen LogP contribution in [-0.2, 0) is 19.6 Å². The fourth-order valence-corrected chi connectivity index (χ4v) is 8.68. The van der Waals surface area contributed by atoms with Crippen LogP contribution in [-0.4, -0.2) is 71.6 Å². The minimum absolute atomic E-state index is 0.0118. The Hall–Kier alpha value is -2.87. The van der Waals surface area contributed by atoms with Gasteiger partial charge in [-0.15, -0.1) is 11.3 Å². The Balaban J connectivity index is 1.18. The highest BCUT2D eigenvalue weighted by Crippen LogP contribution is 2.38. The predicted molar refractivity (Wildman–Crippen MR) is 137 cm³/mol. The molecule has 37 heavy (non-hydrogen) atoms. The van der Waals surface area contributed by atoms with E-state index in [4.69, 9.17) is 4.74 Å². The molecule has 3 fully saturated rings. The number of amides is 2. The Labute approximate surface area is 221 Å². The van der Waals surface area contributed by atoms with Crippen LogP contribution >= 0.6 is 22.7 Å². The molecule has 2 amide bonds. The van der Waals surface area contributed by atoms with Crippen molar-refractivity contribution >= 4 is 59.9 Å². The van der Waals surface area contributed by atoms with E-state index in [1.54, 1.807) is 17.4 Å². The highest BCUT2D eigenvalue weighted by molar-refractivity contribution is 7.89. The Morgan fingerprint density at radius 1 is 1.22 bits per heavy atom. The summed E-state index contributed by atoms with van der Waals surface area (Å²) in [5.74, 6) is -0.381. The molecule has 3 aliphatic rings. The van der Waals surface area contributed by atoms with Gasteiger partial charge in [-0.05, 0) is 42.3 Å². The van der Waals surface area contributed by atoms with Crippen molar-refractivity contribution in [2.45, 2.75) is 48.7 Å². The van der Waals surface area contributed by atoms with Gasteiger partial charge in [-0.2, -0.15) is 4.31 Å². The molecular formula is C24H24N4O6S3. The predicted octanol–water partition coefficient (Wildman–Crippen LogP) is 2.86.